The molecule has 1 aromatic carbocycles. The predicted molar refractivity (Wildman–Crippen MR) is 98.4 cm³/mol. The highest BCUT2D eigenvalue weighted by atomic mass is 32.1. The lowest BCUT2D eigenvalue weighted by Gasteiger charge is -1.95. The van der Waals surface area contributed by atoms with Crippen LogP contribution >= 0.6 is 11.3 Å². The maximum absolute atomic E-state index is 11.8. The Morgan fingerprint density at radius 1 is 1.28 bits per heavy atom. The molecule has 3 aromatic rings. The molecule has 1 aliphatic rings. The standard InChI is InChI=1S/C10H8N2O3S.C8H11N/c13-8-6-4-2-1-3-5(4)16-9(6)12-7(11-8)10(14)15;9-7-6-8-4-2-1-3-5-8/h1-3H2,(H,14,15)(H,11,12,13);1-5H,6-7,9H2. The number of benzene rings is 1. The first-order valence-corrected chi connectivity index (χ1v) is 8.93. The van der Waals surface area contributed by atoms with E-state index in [0.29, 0.717) is 10.2 Å². The molecule has 6 nitrogen and oxygen atoms in total. The molecule has 0 fully saturated rings. The molecule has 7 heteroatoms. The summed E-state index contributed by atoms with van der Waals surface area (Å²) in [4.78, 5) is 30.5. The van der Waals surface area contributed by atoms with Gasteiger partial charge in [-0.1, -0.05) is 30.3 Å². The van der Waals surface area contributed by atoms with Gasteiger partial charge in [-0.15, -0.1) is 11.3 Å². The molecular weight excluding hydrogens is 338 g/mol. The molecule has 0 saturated heterocycles. The predicted octanol–water partition coefficient (Wildman–Crippen LogP) is 2.36. The van der Waals surface area contributed by atoms with Crippen molar-refractivity contribution in [1.29, 1.82) is 0 Å². The van der Waals surface area contributed by atoms with Crippen molar-refractivity contribution in [3.63, 3.8) is 0 Å². The van der Waals surface area contributed by atoms with Crippen LogP contribution < -0.4 is 11.3 Å². The van der Waals surface area contributed by atoms with Crippen molar-refractivity contribution in [1.82, 2.24) is 9.97 Å². The summed E-state index contributed by atoms with van der Waals surface area (Å²) in [6.07, 6.45) is 3.92. The van der Waals surface area contributed by atoms with E-state index in [1.54, 1.807) is 0 Å². The van der Waals surface area contributed by atoms with Crippen LogP contribution in [0.2, 0.25) is 0 Å². The molecule has 2 aromatic heterocycles. The zero-order valence-corrected chi connectivity index (χ0v) is 14.4. The number of aromatic nitrogens is 2. The largest absolute Gasteiger partial charge is 0.475 e. The number of hydrogen-bond acceptors (Lipinski definition) is 5. The molecule has 0 unspecified atom stereocenters. The second kappa shape index (κ2) is 7.58. The van der Waals surface area contributed by atoms with Gasteiger partial charge in [0.2, 0.25) is 5.82 Å². The summed E-state index contributed by atoms with van der Waals surface area (Å²) >= 11 is 1.44. The zero-order valence-electron chi connectivity index (χ0n) is 13.6. The summed E-state index contributed by atoms with van der Waals surface area (Å²) in [5, 5.41) is 9.37. The topological polar surface area (TPSA) is 109 Å². The van der Waals surface area contributed by atoms with Crippen LogP contribution in [0.15, 0.2) is 35.1 Å². The number of aromatic amines is 1. The third-order valence-electron chi connectivity index (χ3n) is 4.05. The minimum atomic E-state index is -1.20. The Morgan fingerprint density at radius 2 is 2.04 bits per heavy atom. The number of aromatic carboxylic acids is 1. The Morgan fingerprint density at radius 3 is 2.72 bits per heavy atom. The first kappa shape index (κ1) is 17.3. The van der Waals surface area contributed by atoms with Gasteiger partial charge in [0.1, 0.15) is 4.83 Å². The Kier molecular flexibility index (Phi) is 5.25. The van der Waals surface area contributed by atoms with Gasteiger partial charge in [-0.2, -0.15) is 0 Å². The summed E-state index contributed by atoms with van der Waals surface area (Å²) in [7, 11) is 0. The normalized spacial score (nSPS) is 12.5. The lowest BCUT2D eigenvalue weighted by Crippen LogP contribution is -2.15. The Labute approximate surface area is 148 Å². The number of fused-ring (bicyclic) bond motifs is 3. The van der Waals surface area contributed by atoms with Gasteiger partial charge in [-0.3, -0.25) is 4.79 Å². The quantitative estimate of drug-likeness (QED) is 0.667. The molecule has 25 heavy (non-hydrogen) atoms. The van der Waals surface area contributed by atoms with Gasteiger partial charge in [0, 0.05) is 4.88 Å². The number of nitrogens with one attached hydrogen (secondary N) is 1. The van der Waals surface area contributed by atoms with E-state index >= 15 is 0 Å². The van der Waals surface area contributed by atoms with E-state index in [9.17, 15) is 9.59 Å². The molecule has 4 N–H and O–H groups in total. The van der Waals surface area contributed by atoms with Crippen molar-refractivity contribution in [2.75, 3.05) is 6.54 Å². The second-order valence-corrected chi connectivity index (χ2v) is 6.87. The van der Waals surface area contributed by atoms with Crippen LogP contribution in [0.25, 0.3) is 10.2 Å². The van der Waals surface area contributed by atoms with Gasteiger partial charge in [0.15, 0.2) is 0 Å². The number of carbonyl (C=O) groups is 1. The molecule has 0 spiro atoms. The van der Waals surface area contributed by atoms with E-state index in [-0.39, 0.29) is 11.4 Å². The number of aryl methyl sites for hydroxylation is 2. The smallest absolute Gasteiger partial charge is 0.372 e. The fourth-order valence-electron chi connectivity index (χ4n) is 2.91. The SMILES string of the molecule is NCCc1ccccc1.O=C(O)c1nc2sc3c(c2c(=O)[nH]1)CCC3. The Balaban J connectivity index is 0.000000173. The Bertz CT molecular complexity index is 947. The highest BCUT2D eigenvalue weighted by Crippen LogP contribution is 2.34. The highest BCUT2D eigenvalue weighted by molar-refractivity contribution is 7.18. The van der Waals surface area contributed by atoms with Crippen LogP contribution in [0.4, 0.5) is 0 Å². The first-order chi connectivity index (χ1) is 12.1. The molecule has 0 bridgehead atoms. The summed E-state index contributed by atoms with van der Waals surface area (Å²) in [5.41, 5.74) is 7.41. The van der Waals surface area contributed by atoms with Crippen LogP contribution in [0, 0.1) is 0 Å². The Hall–Kier alpha value is -2.51. The average molecular weight is 357 g/mol. The van der Waals surface area contributed by atoms with Gasteiger partial charge in [-0.05, 0) is 43.4 Å². The number of nitrogens with two attached hydrogens (primary N) is 1. The lowest BCUT2D eigenvalue weighted by atomic mass is 10.2. The van der Waals surface area contributed by atoms with E-state index in [0.717, 1.165) is 37.8 Å². The summed E-state index contributed by atoms with van der Waals surface area (Å²) in [6, 6.07) is 10.3. The number of carboxylic acid groups (broad SMARTS) is 1. The van der Waals surface area contributed by atoms with Crippen LogP contribution in [0.1, 0.15) is 33.0 Å². The van der Waals surface area contributed by atoms with E-state index in [2.05, 4.69) is 22.1 Å². The van der Waals surface area contributed by atoms with E-state index in [1.165, 1.54) is 21.8 Å². The fourth-order valence-corrected chi connectivity index (χ4v) is 4.18. The number of rotatable bonds is 3. The highest BCUT2D eigenvalue weighted by Gasteiger charge is 2.21. The molecule has 2 heterocycles. The number of carboxylic acids is 1. The van der Waals surface area contributed by atoms with Gasteiger partial charge in [0.05, 0.1) is 5.39 Å². The van der Waals surface area contributed by atoms with E-state index in [1.807, 2.05) is 18.2 Å². The minimum Gasteiger partial charge on any atom is -0.475 e. The molecule has 0 saturated carbocycles. The van der Waals surface area contributed by atoms with Crippen molar-refractivity contribution in [2.24, 2.45) is 5.73 Å². The van der Waals surface area contributed by atoms with Crippen molar-refractivity contribution in [3.8, 4) is 0 Å². The van der Waals surface area contributed by atoms with Crippen molar-refractivity contribution < 1.29 is 9.90 Å². The van der Waals surface area contributed by atoms with Crippen LogP contribution in [-0.4, -0.2) is 27.6 Å². The molecular formula is C18H19N3O3S. The fraction of sp³-hybridized carbons (Fsp3) is 0.278. The molecule has 0 amide bonds. The van der Waals surface area contributed by atoms with Crippen LogP contribution in [-0.2, 0) is 19.3 Å². The van der Waals surface area contributed by atoms with E-state index < -0.39 is 5.97 Å². The number of hydrogen-bond donors (Lipinski definition) is 3. The van der Waals surface area contributed by atoms with Crippen LogP contribution in [0.3, 0.4) is 0 Å². The maximum atomic E-state index is 11.8. The second-order valence-electron chi connectivity index (χ2n) is 5.78. The molecule has 0 aliphatic heterocycles. The van der Waals surface area contributed by atoms with Gasteiger partial charge < -0.3 is 15.8 Å². The molecule has 1 aliphatic carbocycles. The van der Waals surface area contributed by atoms with Gasteiger partial charge in [-0.25, -0.2) is 9.78 Å². The molecule has 130 valence electrons. The minimum absolute atomic E-state index is 0.280. The van der Waals surface area contributed by atoms with Gasteiger partial charge in [0.25, 0.3) is 5.56 Å². The van der Waals surface area contributed by atoms with E-state index in [4.69, 9.17) is 10.8 Å². The van der Waals surface area contributed by atoms with Crippen LogP contribution in [0.5, 0.6) is 0 Å². The van der Waals surface area contributed by atoms with Gasteiger partial charge >= 0.3 is 5.97 Å². The first-order valence-electron chi connectivity index (χ1n) is 8.12. The summed E-state index contributed by atoms with van der Waals surface area (Å²) in [5.74, 6) is -1.48. The lowest BCUT2D eigenvalue weighted by molar-refractivity contribution is 0.0683. The maximum Gasteiger partial charge on any atom is 0.372 e. The zero-order chi connectivity index (χ0) is 17.8. The third-order valence-corrected chi connectivity index (χ3v) is 5.24. The summed E-state index contributed by atoms with van der Waals surface area (Å²) < 4.78 is 0. The van der Waals surface area contributed by atoms with Crippen molar-refractivity contribution >= 4 is 27.5 Å². The third kappa shape index (κ3) is 3.78. The van der Waals surface area contributed by atoms with Crippen molar-refractivity contribution in [3.05, 3.63) is 62.5 Å². The summed E-state index contributed by atoms with van der Waals surface area (Å²) in [6.45, 7) is 0.740. The van der Waals surface area contributed by atoms with Crippen molar-refractivity contribution in [2.45, 2.75) is 25.7 Å². The molecule has 0 atom stereocenters. The number of thiophene rings is 1. The number of nitrogens with zero attached hydrogens (tertiary/aromatic N) is 1. The molecule has 0 radical (unpaired) electrons. The molecule has 4 rings (SSSR count). The monoisotopic (exact) mass is 357 g/mol. The average Bonchev–Trinajstić information content (AvgIpc) is 3.17. The number of H-pyrrole nitrogens is 1.